The van der Waals surface area contributed by atoms with Crippen LogP contribution in [0.3, 0.4) is 0 Å². The maximum Gasteiger partial charge on any atom is 0.126 e. The third kappa shape index (κ3) is 2.35. The molecule has 0 N–H and O–H groups in total. The molecule has 1 aliphatic carbocycles. The highest BCUT2D eigenvalue weighted by Crippen LogP contribution is 2.43. The Morgan fingerprint density at radius 1 is 0.833 bits per heavy atom. The van der Waals surface area contributed by atoms with Crippen LogP contribution in [0, 0.1) is 0 Å². The number of fused-ring (bicyclic) bond motifs is 3. The average molecular weight is 238 g/mol. The lowest BCUT2D eigenvalue weighted by Gasteiger charge is -2.04. The van der Waals surface area contributed by atoms with Crippen LogP contribution in [0.1, 0.15) is 37.8 Å². The summed E-state index contributed by atoms with van der Waals surface area (Å²) in [5, 5.41) is 0. The van der Waals surface area contributed by atoms with Crippen LogP contribution >= 0.6 is 0 Å². The highest BCUT2D eigenvalue weighted by Gasteiger charge is 2.23. The zero-order valence-electron chi connectivity index (χ0n) is 11.1. The Bertz CT molecular complexity index is 520. The standard InChI is InChI=1S/C14H12.C3H6O/c1-10-11-6-2-4-8-13(11)14-9-5-3-7-12(10)14;1-3(2)4/h2-10H,1H3;1-2H3. The SMILES string of the molecule is CC(C)=O.CC1c2ccccc2-c2ccccc21. The molecule has 0 aromatic heterocycles. The summed E-state index contributed by atoms with van der Waals surface area (Å²) in [6.07, 6.45) is 0. The maximum atomic E-state index is 9.44. The van der Waals surface area contributed by atoms with Crippen LogP contribution in [0.2, 0.25) is 0 Å². The molecule has 0 saturated heterocycles. The fourth-order valence-electron chi connectivity index (χ4n) is 2.41. The van der Waals surface area contributed by atoms with Crippen LogP contribution in [0.4, 0.5) is 0 Å². The van der Waals surface area contributed by atoms with Gasteiger partial charge in [-0.15, -0.1) is 0 Å². The summed E-state index contributed by atoms with van der Waals surface area (Å²) in [6, 6.07) is 17.4. The quantitative estimate of drug-likeness (QED) is 0.664. The number of carbonyl (C=O) groups is 1. The van der Waals surface area contributed by atoms with Crippen molar-refractivity contribution in [3.63, 3.8) is 0 Å². The zero-order chi connectivity index (χ0) is 13.1. The second-order valence-corrected chi connectivity index (χ2v) is 4.80. The molecule has 0 fully saturated rings. The summed E-state index contributed by atoms with van der Waals surface area (Å²) in [5.41, 5.74) is 5.76. The molecule has 92 valence electrons. The van der Waals surface area contributed by atoms with Crippen molar-refractivity contribution in [2.45, 2.75) is 26.7 Å². The van der Waals surface area contributed by atoms with Gasteiger partial charge in [0, 0.05) is 5.92 Å². The van der Waals surface area contributed by atoms with Crippen molar-refractivity contribution in [2.75, 3.05) is 0 Å². The van der Waals surface area contributed by atoms with E-state index in [1.165, 1.54) is 36.1 Å². The van der Waals surface area contributed by atoms with E-state index in [1.807, 2.05) is 0 Å². The lowest BCUT2D eigenvalue weighted by atomic mass is 10.00. The van der Waals surface area contributed by atoms with Gasteiger partial charge in [0.05, 0.1) is 0 Å². The molecule has 0 aliphatic heterocycles. The number of ketones is 1. The minimum absolute atomic E-state index is 0.167. The third-order valence-electron chi connectivity index (χ3n) is 3.14. The monoisotopic (exact) mass is 238 g/mol. The summed E-state index contributed by atoms with van der Waals surface area (Å²) in [4.78, 5) is 9.44. The van der Waals surface area contributed by atoms with Crippen molar-refractivity contribution in [1.29, 1.82) is 0 Å². The molecular weight excluding hydrogens is 220 g/mol. The van der Waals surface area contributed by atoms with Crippen molar-refractivity contribution < 1.29 is 4.79 Å². The molecule has 2 aromatic rings. The van der Waals surface area contributed by atoms with Gasteiger partial charge in [-0.05, 0) is 36.1 Å². The molecular formula is C17H18O. The fourth-order valence-corrected chi connectivity index (χ4v) is 2.41. The second kappa shape index (κ2) is 5.18. The van der Waals surface area contributed by atoms with E-state index >= 15 is 0 Å². The van der Waals surface area contributed by atoms with Gasteiger partial charge in [0.25, 0.3) is 0 Å². The summed E-state index contributed by atoms with van der Waals surface area (Å²) >= 11 is 0. The molecule has 0 radical (unpaired) electrons. The third-order valence-corrected chi connectivity index (χ3v) is 3.14. The number of hydrogen-bond acceptors (Lipinski definition) is 1. The van der Waals surface area contributed by atoms with Crippen LogP contribution < -0.4 is 0 Å². The normalized spacial score (nSPS) is 12.2. The van der Waals surface area contributed by atoms with E-state index in [0.29, 0.717) is 5.92 Å². The summed E-state index contributed by atoms with van der Waals surface area (Å²) in [7, 11) is 0. The van der Waals surface area contributed by atoms with Crippen molar-refractivity contribution in [3.8, 4) is 11.1 Å². The molecule has 1 nitrogen and oxygen atoms in total. The minimum atomic E-state index is 0.167. The van der Waals surface area contributed by atoms with Crippen molar-refractivity contribution in [3.05, 3.63) is 59.7 Å². The highest BCUT2D eigenvalue weighted by molar-refractivity contribution is 5.78. The Kier molecular flexibility index (Phi) is 3.61. The molecule has 0 saturated carbocycles. The lowest BCUT2D eigenvalue weighted by Crippen LogP contribution is -1.87. The van der Waals surface area contributed by atoms with Crippen LogP contribution in [-0.4, -0.2) is 5.78 Å². The molecule has 0 heterocycles. The van der Waals surface area contributed by atoms with E-state index in [0.717, 1.165) is 0 Å². The first-order chi connectivity index (χ1) is 8.61. The van der Waals surface area contributed by atoms with Gasteiger partial charge in [-0.25, -0.2) is 0 Å². The Labute approximate surface area is 108 Å². The Morgan fingerprint density at radius 2 is 1.17 bits per heavy atom. The zero-order valence-corrected chi connectivity index (χ0v) is 11.1. The smallest absolute Gasteiger partial charge is 0.126 e. The Morgan fingerprint density at radius 3 is 1.56 bits per heavy atom. The average Bonchev–Trinajstić information content (AvgIpc) is 2.64. The number of Topliss-reactive ketones (excluding diaryl/α,β-unsaturated/α-hetero) is 1. The molecule has 0 bridgehead atoms. The number of hydrogen-bond donors (Lipinski definition) is 0. The van der Waals surface area contributed by atoms with Crippen molar-refractivity contribution in [1.82, 2.24) is 0 Å². The molecule has 0 amide bonds. The van der Waals surface area contributed by atoms with Crippen LogP contribution in [0.25, 0.3) is 11.1 Å². The molecule has 0 atom stereocenters. The molecule has 2 aromatic carbocycles. The van der Waals surface area contributed by atoms with Crippen LogP contribution in [0.5, 0.6) is 0 Å². The van der Waals surface area contributed by atoms with Gasteiger partial charge in [0.15, 0.2) is 0 Å². The molecule has 1 heteroatoms. The predicted octanol–water partition coefficient (Wildman–Crippen LogP) is 4.41. The van der Waals surface area contributed by atoms with Gasteiger partial charge in [0.2, 0.25) is 0 Å². The fraction of sp³-hybridized carbons (Fsp3) is 0.235. The summed E-state index contributed by atoms with van der Waals surface area (Å²) < 4.78 is 0. The molecule has 1 aliphatic rings. The topological polar surface area (TPSA) is 17.1 Å². The number of rotatable bonds is 0. The van der Waals surface area contributed by atoms with E-state index in [4.69, 9.17) is 0 Å². The second-order valence-electron chi connectivity index (χ2n) is 4.80. The van der Waals surface area contributed by atoms with E-state index < -0.39 is 0 Å². The van der Waals surface area contributed by atoms with E-state index in [9.17, 15) is 4.79 Å². The minimum Gasteiger partial charge on any atom is -0.300 e. The van der Waals surface area contributed by atoms with Gasteiger partial charge in [-0.1, -0.05) is 55.5 Å². The van der Waals surface area contributed by atoms with E-state index in [-0.39, 0.29) is 5.78 Å². The molecule has 0 spiro atoms. The van der Waals surface area contributed by atoms with Crippen molar-refractivity contribution in [2.24, 2.45) is 0 Å². The van der Waals surface area contributed by atoms with Gasteiger partial charge >= 0.3 is 0 Å². The first-order valence-corrected chi connectivity index (χ1v) is 6.26. The maximum absolute atomic E-state index is 9.44. The van der Waals surface area contributed by atoms with E-state index in [1.54, 1.807) is 0 Å². The molecule has 18 heavy (non-hydrogen) atoms. The largest absolute Gasteiger partial charge is 0.300 e. The van der Waals surface area contributed by atoms with Crippen LogP contribution in [-0.2, 0) is 4.79 Å². The Balaban J connectivity index is 0.000000267. The van der Waals surface area contributed by atoms with Gasteiger partial charge in [0.1, 0.15) is 5.78 Å². The Hall–Kier alpha value is -1.89. The number of benzene rings is 2. The summed E-state index contributed by atoms with van der Waals surface area (Å²) in [6.45, 7) is 5.34. The highest BCUT2D eigenvalue weighted by atomic mass is 16.1. The first-order valence-electron chi connectivity index (χ1n) is 6.26. The van der Waals surface area contributed by atoms with Gasteiger partial charge in [-0.3, -0.25) is 0 Å². The summed E-state index contributed by atoms with van der Waals surface area (Å²) in [5.74, 6) is 0.724. The van der Waals surface area contributed by atoms with Crippen LogP contribution in [0.15, 0.2) is 48.5 Å². The first kappa shape index (κ1) is 12.6. The predicted molar refractivity (Wildman–Crippen MR) is 75.8 cm³/mol. The molecule has 0 unspecified atom stereocenters. The number of carbonyl (C=O) groups excluding carboxylic acids is 1. The lowest BCUT2D eigenvalue weighted by molar-refractivity contribution is -0.114. The molecule has 3 rings (SSSR count). The van der Waals surface area contributed by atoms with Gasteiger partial charge in [-0.2, -0.15) is 0 Å². The van der Waals surface area contributed by atoms with Crippen molar-refractivity contribution >= 4 is 5.78 Å². The van der Waals surface area contributed by atoms with Gasteiger partial charge < -0.3 is 4.79 Å². The van der Waals surface area contributed by atoms with E-state index in [2.05, 4.69) is 55.5 Å².